The summed E-state index contributed by atoms with van der Waals surface area (Å²) in [7, 11) is 0. The fourth-order valence-corrected chi connectivity index (χ4v) is 1.21. The molecule has 9 heavy (non-hydrogen) atoms. The molecule has 0 saturated heterocycles. The number of hydrogen-bond acceptors (Lipinski definition) is 3. The normalized spacial score (nSPS) is 26.3. The molecule has 0 aromatic carbocycles. The van der Waals surface area contributed by atoms with Crippen molar-refractivity contribution in [3.05, 3.63) is 11.8 Å². The van der Waals surface area contributed by atoms with Gasteiger partial charge in [0.1, 0.15) is 0 Å². The van der Waals surface area contributed by atoms with Crippen molar-refractivity contribution in [2.75, 3.05) is 0 Å². The van der Waals surface area contributed by atoms with Gasteiger partial charge < -0.3 is 5.32 Å². The second-order valence-electron chi connectivity index (χ2n) is 2.12. The highest BCUT2D eigenvalue weighted by molar-refractivity contribution is 7.80. The van der Waals surface area contributed by atoms with Gasteiger partial charge in [0.2, 0.25) is 0 Å². The summed E-state index contributed by atoms with van der Waals surface area (Å²) in [6.45, 7) is 3.97. The molecular weight excluding hydrogens is 132 g/mol. The molecule has 50 valence electrons. The highest BCUT2D eigenvalue weighted by atomic mass is 32.1. The van der Waals surface area contributed by atoms with E-state index in [0.29, 0.717) is 0 Å². The van der Waals surface area contributed by atoms with Crippen molar-refractivity contribution in [3.63, 3.8) is 0 Å². The first kappa shape index (κ1) is 6.68. The summed E-state index contributed by atoms with van der Waals surface area (Å²) in [4.78, 5) is 4.13. The summed E-state index contributed by atoms with van der Waals surface area (Å²) in [5.41, 5.74) is 2.11. The molecule has 0 amide bonds. The minimum atomic E-state index is -0.0463. The number of allylic oxidation sites excluding steroid dienone is 2. The number of hydrogen-bond donors (Lipinski definition) is 2. The van der Waals surface area contributed by atoms with Crippen molar-refractivity contribution in [3.8, 4) is 0 Å². The van der Waals surface area contributed by atoms with E-state index in [1.165, 1.54) is 0 Å². The van der Waals surface area contributed by atoms with Crippen molar-refractivity contribution in [2.45, 2.75) is 19.3 Å². The summed E-state index contributed by atoms with van der Waals surface area (Å²) < 4.78 is 0. The lowest BCUT2D eigenvalue weighted by Gasteiger charge is -2.15. The van der Waals surface area contributed by atoms with Gasteiger partial charge in [0.25, 0.3) is 0 Å². The molecule has 1 rings (SSSR count). The Kier molecular flexibility index (Phi) is 1.81. The Hall–Kier alpha value is -0.440. The molecule has 0 aromatic heterocycles. The van der Waals surface area contributed by atoms with Crippen LogP contribution >= 0.6 is 12.6 Å². The van der Waals surface area contributed by atoms with Gasteiger partial charge in [-0.1, -0.05) is 0 Å². The molecule has 1 heterocycles. The maximum absolute atomic E-state index is 4.14. The van der Waals surface area contributed by atoms with E-state index in [0.717, 1.165) is 11.4 Å². The molecule has 2 nitrogen and oxygen atoms in total. The zero-order valence-electron chi connectivity index (χ0n) is 5.55. The van der Waals surface area contributed by atoms with Gasteiger partial charge in [-0.05, 0) is 19.9 Å². The Morgan fingerprint density at radius 3 is 2.78 bits per heavy atom. The molecule has 1 aliphatic rings. The van der Waals surface area contributed by atoms with E-state index in [4.69, 9.17) is 0 Å². The Balaban J connectivity index is 2.74. The van der Waals surface area contributed by atoms with Crippen LogP contribution in [0.5, 0.6) is 0 Å². The monoisotopic (exact) mass is 142 g/mol. The van der Waals surface area contributed by atoms with Crippen LogP contribution in [0.3, 0.4) is 0 Å². The van der Waals surface area contributed by atoms with Crippen molar-refractivity contribution >= 4 is 18.3 Å². The topological polar surface area (TPSA) is 24.4 Å². The van der Waals surface area contributed by atoms with E-state index in [-0.39, 0.29) is 5.50 Å². The molecule has 3 heteroatoms. The number of nitrogens with zero attached hydrogens (tertiary/aromatic N) is 1. The largest absolute Gasteiger partial charge is 0.359 e. The Morgan fingerprint density at radius 2 is 2.33 bits per heavy atom. The third-order valence-corrected chi connectivity index (χ3v) is 1.35. The van der Waals surface area contributed by atoms with Gasteiger partial charge in [-0.2, -0.15) is 0 Å². The first-order chi connectivity index (χ1) is 4.18. The van der Waals surface area contributed by atoms with Crippen LogP contribution in [0.25, 0.3) is 0 Å². The highest BCUT2D eigenvalue weighted by Crippen LogP contribution is 2.04. The Bertz CT molecular complexity index is 172. The first-order valence-corrected chi connectivity index (χ1v) is 3.37. The molecule has 1 aliphatic heterocycles. The molecule has 1 N–H and O–H groups in total. The number of aliphatic imine (C=N–C) groups is 1. The van der Waals surface area contributed by atoms with Crippen molar-refractivity contribution in [1.29, 1.82) is 0 Å². The van der Waals surface area contributed by atoms with E-state index < -0.39 is 0 Å². The van der Waals surface area contributed by atoms with Gasteiger partial charge in [0.05, 0.1) is 0 Å². The maximum Gasteiger partial charge on any atom is 0.163 e. The van der Waals surface area contributed by atoms with E-state index in [2.05, 4.69) is 22.9 Å². The summed E-state index contributed by atoms with van der Waals surface area (Å²) in [6.07, 6.45) is 1.99. The van der Waals surface area contributed by atoms with Crippen molar-refractivity contribution < 1.29 is 0 Å². The maximum atomic E-state index is 4.14. The van der Waals surface area contributed by atoms with Gasteiger partial charge in [-0.3, -0.25) is 4.99 Å². The zero-order chi connectivity index (χ0) is 6.85. The molecule has 0 saturated carbocycles. The third-order valence-electron chi connectivity index (χ3n) is 1.11. The SMILES string of the molecule is CC1=CC(C)=NC(S)N1. The van der Waals surface area contributed by atoms with Gasteiger partial charge >= 0.3 is 0 Å². The van der Waals surface area contributed by atoms with Crippen LogP contribution in [0.4, 0.5) is 0 Å². The third kappa shape index (κ3) is 1.75. The van der Waals surface area contributed by atoms with Gasteiger partial charge in [-0.15, -0.1) is 12.6 Å². The lowest BCUT2D eigenvalue weighted by Crippen LogP contribution is -2.24. The second kappa shape index (κ2) is 2.43. The Labute approximate surface area is 60.5 Å². The van der Waals surface area contributed by atoms with E-state index in [1.54, 1.807) is 0 Å². The lowest BCUT2D eigenvalue weighted by atomic mass is 10.3. The molecule has 0 spiro atoms. The van der Waals surface area contributed by atoms with Crippen LogP contribution in [-0.2, 0) is 0 Å². The smallest absolute Gasteiger partial charge is 0.163 e. The molecule has 1 atom stereocenters. The molecule has 0 aliphatic carbocycles. The summed E-state index contributed by atoms with van der Waals surface area (Å²) in [5, 5.41) is 3.05. The number of rotatable bonds is 0. The molecule has 0 bridgehead atoms. The molecule has 0 fully saturated rings. The minimum absolute atomic E-state index is 0.0463. The van der Waals surface area contributed by atoms with Crippen LogP contribution in [-0.4, -0.2) is 11.2 Å². The van der Waals surface area contributed by atoms with Crippen molar-refractivity contribution in [1.82, 2.24) is 5.32 Å². The van der Waals surface area contributed by atoms with Crippen LogP contribution in [0.1, 0.15) is 13.8 Å². The highest BCUT2D eigenvalue weighted by Gasteiger charge is 2.03. The fourth-order valence-electron chi connectivity index (χ4n) is 0.821. The summed E-state index contributed by atoms with van der Waals surface area (Å²) in [6, 6.07) is 0. The average molecular weight is 142 g/mol. The molecule has 0 radical (unpaired) electrons. The minimum Gasteiger partial charge on any atom is -0.359 e. The predicted octanol–water partition coefficient (Wildman–Crippen LogP) is 1.17. The number of nitrogens with one attached hydrogen (secondary N) is 1. The van der Waals surface area contributed by atoms with Gasteiger partial charge in [0.15, 0.2) is 5.50 Å². The molecule has 1 unspecified atom stereocenters. The standard InChI is InChI=1S/C6H10N2S/c1-4-3-5(2)8-6(9)7-4/h3,6-7,9H,1-2H3. The van der Waals surface area contributed by atoms with Crippen LogP contribution in [0, 0.1) is 0 Å². The lowest BCUT2D eigenvalue weighted by molar-refractivity contribution is 0.768. The second-order valence-corrected chi connectivity index (χ2v) is 2.60. The Morgan fingerprint density at radius 1 is 1.67 bits per heavy atom. The van der Waals surface area contributed by atoms with Gasteiger partial charge in [-0.25, -0.2) is 0 Å². The van der Waals surface area contributed by atoms with Gasteiger partial charge in [0, 0.05) is 11.4 Å². The van der Waals surface area contributed by atoms with E-state index in [1.807, 2.05) is 19.9 Å². The predicted molar refractivity (Wildman–Crippen MR) is 42.8 cm³/mol. The van der Waals surface area contributed by atoms with Crippen LogP contribution in [0.2, 0.25) is 0 Å². The summed E-state index contributed by atoms with van der Waals surface area (Å²) in [5.74, 6) is 0. The average Bonchev–Trinajstić information content (AvgIpc) is 1.59. The first-order valence-electron chi connectivity index (χ1n) is 2.86. The van der Waals surface area contributed by atoms with E-state index in [9.17, 15) is 0 Å². The summed E-state index contributed by atoms with van der Waals surface area (Å²) >= 11 is 4.14. The molecular formula is C6H10N2S. The van der Waals surface area contributed by atoms with Crippen LogP contribution < -0.4 is 5.32 Å². The quantitative estimate of drug-likeness (QED) is 0.487. The van der Waals surface area contributed by atoms with E-state index >= 15 is 0 Å². The zero-order valence-corrected chi connectivity index (χ0v) is 6.44. The molecule has 0 aromatic rings. The number of thiol groups is 1. The van der Waals surface area contributed by atoms with Crippen LogP contribution in [0.15, 0.2) is 16.8 Å². The van der Waals surface area contributed by atoms with Crippen molar-refractivity contribution in [2.24, 2.45) is 4.99 Å². The fraction of sp³-hybridized carbons (Fsp3) is 0.500.